The van der Waals surface area contributed by atoms with Crippen LogP contribution in [0.4, 0.5) is 8.78 Å². The number of alkyl halides is 2. The highest BCUT2D eigenvalue weighted by molar-refractivity contribution is 5.44. The summed E-state index contributed by atoms with van der Waals surface area (Å²) in [7, 11) is 0. The maximum absolute atomic E-state index is 11.9. The quantitative estimate of drug-likeness (QED) is 0.468. The third-order valence-electron chi connectivity index (χ3n) is 3.47. The van der Waals surface area contributed by atoms with Gasteiger partial charge in [-0.1, -0.05) is 44.2 Å². The highest BCUT2D eigenvalue weighted by Gasteiger charge is 2.05. The molecule has 0 fully saturated rings. The van der Waals surface area contributed by atoms with Gasteiger partial charge in [0.1, 0.15) is 0 Å². The van der Waals surface area contributed by atoms with Crippen molar-refractivity contribution in [3.63, 3.8) is 0 Å². The van der Waals surface area contributed by atoms with E-state index in [1.807, 2.05) is 6.07 Å². The molecule has 0 radical (unpaired) electrons. The lowest BCUT2D eigenvalue weighted by Crippen LogP contribution is -1.90. The summed E-state index contributed by atoms with van der Waals surface area (Å²) in [6.45, 7) is 0. The fraction of sp³-hybridized carbons (Fsp3) is 0.625. The van der Waals surface area contributed by atoms with Gasteiger partial charge in [0.2, 0.25) is 6.43 Å². The van der Waals surface area contributed by atoms with E-state index in [9.17, 15) is 19.0 Å². The Morgan fingerprint density at radius 1 is 0.850 bits per heavy atom. The molecule has 0 saturated heterocycles. The van der Waals surface area contributed by atoms with Crippen molar-refractivity contribution in [2.45, 2.75) is 64.2 Å². The van der Waals surface area contributed by atoms with Crippen molar-refractivity contribution in [2.24, 2.45) is 0 Å². The molecule has 0 bridgehead atoms. The van der Waals surface area contributed by atoms with E-state index in [0.29, 0.717) is 6.42 Å². The summed E-state index contributed by atoms with van der Waals surface area (Å²) in [6, 6.07) is 5.02. The minimum Gasteiger partial charge on any atom is -0.504 e. The first kappa shape index (κ1) is 16.7. The van der Waals surface area contributed by atoms with Crippen LogP contribution in [0.1, 0.15) is 56.9 Å². The summed E-state index contributed by atoms with van der Waals surface area (Å²) in [5.41, 5.74) is 0.780. The second-order valence-electron chi connectivity index (χ2n) is 5.19. The number of aryl methyl sites for hydroxylation is 1. The maximum Gasteiger partial charge on any atom is 0.238 e. The molecule has 1 aromatic rings. The normalized spacial score (nSPS) is 11.2. The molecule has 0 heterocycles. The number of hydrogen-bond acceptors (Lipinski definition) is 2. The van der Waals surface area contributed by atoms with Gasteiger partial charge in [-0.05, 0) is 30.9 Å². The molecule has 2 N–H and O–H groups in total. The molecule has 114 valence electrons. The Hall–Kier alpha value is -1.32. The highest BCUT2D eigenvalue weighted by Crippen LogP contribution is 2.29. The summed E-state index contributed by atoms with van der Waals surface area (Å²) in [5, 5.41) is 19.0. The minimum absolute atomic E-state index is 0.0144. The number of benzene rings is 1. The van der Waals surface area contributed by atoms with E-state index in [1.54, 1.807) is 6.07 Å². The van der Waals surface area contributed by atoms with E-state index in [-0.39, 0.29) is 17.9 Å². The molecule has 1 aromatic carbocycles. The van der Waals surface area contributed by atoms with Crippen LogP contribution in [0.25, 0.3) is 0 Å². The average Bonchev–Trinajstić information content (AvgIpc) is 2.41. The van der Waals surface area contributed by atoms with E-state index in [2.05, 4.69) is 0 Å². The molecule has 0 aliphatic heterocycles. The van der Waals surface area contributed by atoms with Gasteiger partial charge in [0.05, 0.1) is 0 Å². The Morgan fingerprint density at radius 2 is 1.45 bits per heavy atom. The van der Waals surface area contributed by atoms with Crippen LogP contribution in [0.5, 0.6) is 11.5 Å². The van der Waals surface area contributed by atoms with Gasteiger partial charge in [-0.15, -0.1) is 0 Å². The van der Waals surface area contributed by atoms with Crippen LogP contribution in [-0.4, -0.2) is 16.6 Å². The Labute approximate surface area is 119 Å². The van der Waals surface area contributed by atoms with Crippen LogP contribution in [0.15, 0.2) is 18.2 Å². The monoisotopic (exact) mass is 286 g/mol. The van der Waals surface area contributed by atoms with Gasteiger partial charge in [0.25, 0.3) is 0 Å². The highest BCUT2D eigenvalue weighted by atomic mass is 19.3. The summed E-state index contributed by atoms with van der Waals surface area (Å²) < 4.78 is 23.8. The van der Waals surface area contributed by atoms with Crippen LogP contribution in [0.2, 0.25) is 0 Å². The summed E-state index contributed by atoms with van der Waals surface area (Å²) in [6.07, 6.45) is 5.34. The maximum atomic E-state index is 11.9. The molecule has 2 nitrogen and oxygen atoms in total. The van der Waals surface area contributed by atoms with Crippen molar-refractivity contribution in [2.75, 3.05) is 0 Å². The first-order valence-corrected chi connectivity index (χ1v) is 7.39. The number of hydrogen-bond donors (Lipinski definition) is 2. The zero-order valence-electron chi connectivity index (χ0n) is 11.8. The molecule has 0 spiro atoms. The van der Waals surface area contributed by atoms with Crippen molar-refractivity contribution < 1.29 is 19.0 Å². The molecule has 0 unspecified atom stereocenters. The molecule has 0 aliphatic rings. The van der Waals surface area contributed by atoms with Crippen LogP contribution in [-0.2, 0) is 6.42 Å². The fourth-order valence-electron chi connectivity index (χ4n) is 2.28. The van der Waals surface area contributed by atoms with E-state index >= 15 is 0 Å². The van der Waals surface area contributed by atoms with Crippen molar-refractivity contribution in [1.29, 1.82) is 0 Å². The molecule has 0 atom stereocenters. The standard InChI is InChI=1S/C16H24F2O2/c17-15(18)12-7-5-3-1-2-4-6-9-13-10-8-11-14(19)16(13)20/h8,10-11,15,19-20H,1-7,9,12H2. The lowest BCUT2D eigenvalue weighted by Gasteiger charge is -2.06. The number of phenols is 2. The molecule has 0 saturated carbocycles. The van der Waals surface area contributed by atoms with E-state index in [4.69, 9.17) is 0 Å². The van der Waals surface area contributed by atoms with Crippen LogP contribution < -0.4 is 0 Å². The first-order valence-electron chi connectivity index (χ1n) is 7.39. The minimum atomic E-state index is -2.16. The Balaban J connectivity index is 2.01. The number of phenolic OH excluding ortho intramolecular Hbond substituents is 2. The van der Waals surface area contributed by atoms with Crippen molar-refractivity contribution in [1.82, 2.24) is 0 Å². The third kappa shape index (κ3) is 6.73. The number of rotatable bonds is 10. The first-order chi connectivity index (χ1) is 9.61. The molecule has 4 heteroatoms. The smallest absolute Gasteiger partial charge is 0.238 e. The third-order valence-corrected chi connectivity index (χ3v) is 3.47. The fourth-order valence-corrected chi connectivity index (χ4v) is 2.28. The van der Waals surface area contributed by atoms with Gasteiger partial charge >= 0.3 is 0 Å². The number of unbranched alkanes of at least 4 members (excludes halogenated alkanes) is 6. The van der Waals surface area contributed by atoms with Crippen molar-refractivity contribution in [3.8, 4) is 11.5 Å². The number of aromatic hydroxyl groups is 2. The van der Waals surface area contributed by atoms with E-state index in [0.717, 1.165) is 50.5 Å². The predicted octanol–water partition coefficient (Wildman–Crippen LogP) is 5.03. The number of halogens is 2. The van der Waals surface area contributed by atoms with Crippen LogP contribution in [0.3, 0.4) is 0 Å². The second kappa shape index (κ2) is 9.56. The van der Waals surface area contributed by atoms with Gasteiger partial charge in [-0.25, -0.2) is 8.78 Å². The largest absolute Gasteiger partial charge is 0.504 e. The summed E-state index contributed by atoms with van der Waals surface area (Å²) in [4.78, 5) is 0. The van der Waals surface area contributed by atoms with Gasteiger partial charge in [-0.2, -0.15) is 0 Å². The van der Waals surface area contributed by atoms with Crippen molar-refractivity contribution in [3.05, 3.63) is 23.8 Å². The molecular formula is C16H24F2O2. The lowest BCUT2D eigenvalue weighted by atomic mass is 10.0. The Kier molecular flexibility index (Phi) is 8.00. The topological polar surface area (TPSA) is 40.5 Å². The van der Waals surface area contributed by atoms with Crippen LogP contribution in [0, 0.1) is 0 Å². The summed E-state index contributed by atoms with van der Waals surface area (Å²) in [5.74, 6) is -0.0824. The van der Waals surface area contributed by atoms with E-state index in [1.165, 1.54) is 6.07 Å². The molecule has 1 rings (SSSR count). The average molecular weight is 286 g/mol. The summed E-state index contributed by atoms with van der Waals surface area (Å²) >= 11 is 0. The SMILES string of the molecule is Oc1cccc(CCCCCCCCCC(F)F)c1O. The van der Waals surface area contributed by atoms with Gasteiger partial charge in [0.15, 0.2) is 11.5 Å². The molecule has 20 heavy (non-hydrogen) atoms. The van der Waals surface area contributed by atoms with E-state index < -0.39 is 6.43 Å². The Bertz CT molecular complexity index is 381. The zero-order valence-corrected chi connectivity index (χ0v) is 11.8. The molecule has 0 aromatic heterocycles. The molecule has 0 amide bonds. The predicted molar refractivity (Wildman–Crippen MR) is 76.4 cm³/mol. The van der Waals surface area contributed by atoms with Gasteiger partial charge < -0.3 is 10.2 Å². The molecular weight excluding hydrogens is 262 g/mol. The van der Waals surface area contributed by atoms with Gasteiger partial charge in [0, 0.05) is 6.42 Å². The number of para-hydroxylation sites is 1. The second-order valence-corrected chi connectivity index (χ2v) is 5.19. The van der Waals surface area contributed by atoms with Gasteiger partial charge in [-0.3, -0.25) is 0 Å². The molecule has 0 aliphatic carbocycles. The van der Waals surface area contributed by atoms with Crippen LogP contribution >= 0.6 is 0 Å². The van der Waals surface area contributed by atoms with Crippen molar-refractivity contribution >= 4 is 0 Å². The zero-order chi connectivity index (χ0) is 14.8. The lowest BCUT2D eigenvalue weighted by molar-refractivity contribution is 0.133. The Morgan fingerprint density at radius 3 is 2.10 bits per heavy atom.